The zero-order chi connectivity index (χ0) is 21.8. The number of amides is 1. The predicted molar refractivity (Wildman–Crippen MR) is 104 cm³/mol. The first-order valence-corrected chi connectivity index (χ1v) is 8.78. The van der Waals surface area contributed by atoms with Crippen LogP contribution in [0, 0.1) is 29.8 Å². The molecule has 1 amide bonds. The number of rotatable bonds is 7. The van der Waals surface area contributed by atoms with Crippen molar-refractivity contribution in [2.24, 2.45) is 0 Å². The number of nitrogens with zero attached hydrogens (tertiary/aromatic N) is 2. The third kappa shape index (κ3) is 4.37. The van der Waals surface area contributed by atoms with Crippen molar-refractivity contribution in [3.05, 3.63) is 74.9 Å². The first-order chi connectivity index (χ1) is 14.3. The zero-order valence-electron chi connectivity index (χ0n) is 16.4. The Morgan fingerprint density at radius 1 is 1.23 bits per heavy atom. The highest BCUT2D eigenvalue weighted by Gasteiger charge is 2.17. The number of aromatic nitrogens is 1. The molecule has 10 heteroatoms. The van der Waals surface area contributed by atoms with E-state index in [0.29, 0.717) is 17.2 Å². The van der Waals surface area contributed by atoms with Gasteiger partial charge in [-0.3, -0.25) is 14.9 Å². The minimum Gasteiger partial charge on any atom is -0.493 e. The van der Waals surface area contributed by atoms with Crippen LogP contribution in [0.15, 0.2) is 40.9 Å². The van der Waals surface area contributed by atoms with Gasteiger partial charge < -0.3 is 19.3 Å². The first kappa shape index (κ1) is 20.8. The summed E-state index contributed by atoms with van der Waals surface area (Å²) in [5, 5.41) is 17.0. The summed E-state index contributed by atoms with van der Waals surface area (Å²) >= 11 is 0. The fourth-order valence-corrected chi connectivity index (χ4v) is 2.70. The molecule has 1 aromatic heterocycles. The van der Waals surface area contributed by atoms with Crippen LogP contribution in [0.5, 0.6) is 11.5 Å². The van der Waals surface area contributed by atoms with Crippen LogP contribution in [-0.2, 0) is 6.61 Å². The summed E-state index contributed by atoms with van der Waals surface area (Å²) in [4.78, 5) is 22.7. The Morgan fingerprint density at radius 3 is 2.63 bits per heavy atom. The Labute approximate surface area is 170 Å². The molecular formula is C20H18FN3O6. The normalized spacial score (nSPS) is 10.5. The van der Waals surface area contributed by atoms with Crippen LogP contribution in [0.4, 0.5) is 15.8 Å². The maximum Gasteiger partial charge on any atom is 0.271 e. The lowest BCUT2D eigenvalue weighted by Gasteiger charge is -2.12. The van der Waals surface area contributed by atoms with Crippen molar-refractivity contribution in [2.75, 3.05) is 12.4 Å². The van der Waals surface area contributed by atoms with Crippen molar-refractivity contribution in [1.82, 2.24) is 5.16 Å². The van der Waals surface area contributed by atoms with Crippen LogP contribution in [-0.4, -0.2) is 23.1 Å². The molecule has 0 aliphatic rings. The molecule has 9 nitrogen and oxygen atoms in total. The Kier molecular flexibility index (Phi) is 5.95. The number of carbonyl (C=O) groups excluding carboxylic acids is 1. The Morgan fingerprint density at radius 2 is 2.00 bits per heavy atom. The van der Waals surface area contributed by atoms with E-state index in [9.17, 15) is 19.3 Å². The molecule has 30 heavy (non-hydrogen) atoms. The molecule has 0 aliphatic heterocycles. The molecular weight excluding hydrogens is 397 g/mol. The lowest BCUT2D eigenvalue weighted by atomic mass is 10.1. The largest absolute Gasteiger partial charge is 0.493 e. The number of ether oxygens (including phenoxy) is 2. The van der Waals surface area contributed by atoms with E-state index in [-0.39, 0.29) is 29.3 Å². The quantitative estimate of drug-likeness (QED) is 0.454. The number of hydrogen-bond acceptors (Lipinski definition) is 7. The number of benzene rings is 2. The number of nitro groups is 1. The Bertz CT molecular complexity index is 1090. The number of carbonyl (C=O) groups is 1. The van der Waals surface area contributed by atoms with Crippen LogP contribution < -0.4 is 14.8 Å². The second kappa shape index (κ2) is 8.60. The van der Waals surface area contributed by atoms with E-state index in [1.165, 1.54) is 25.3 Å². The molecule has 0 aliphatic carbocycles. The fraction of sp³-hybridized carbons (Fsp3) is 0.200. The molecule has 0 saturated carbocycles. The number of hydrogen-bond donors (Lipinski definition) is 1. The van der Waals surface area contributed by atoms with E-state index in [4.69, 9.17) is 14.0 Å². The monoisotopic (exact) mass is 415 g/mol. The van der Waals surface area contributed by atoms with Gasteiger partial charge in [0.25, 0.3) is 11.6 Å². The molecule has 0 bridgehead atoms. The summed E-state index contributed by atoms with van der Waals surface area (Å²) in [5.74, 6) is -0.142. The van der Waals surface area contributed by atoms with Gasteiger partial charge in [0.15, 0.2) is 11.5 Å². The summed E-state index contributed by atoms with van der Waals surface area (Å²) in [6.45, 7) is 3.77. The lowest BCUT2D eigenvalue weighted by Crippen LogP contribution is -2.13. The lowest BCUT2D eigenvalue weighted by molar-refractivity contribution is -0.384. The Balaban J connectivity index is 1.78. The van der Waals surface area contributed by atoms with Crippen LogP contribution in [0.25, 0.3) is 0 Å². The van der Waals surface area contributed by atoms with E-state index in [1.54, 1.807) is 13.8 Å². The van der Waals surface area contributed by atoms with Crippen LogP contribution in [0.1, 0.15) is 27.4 Å². The minimum atomic E-state index is -0.791. The maximum atomic E-state index is 13.9. The van der Waals surface area contributed by atoms with Gasteiger partial charge in [0.05, 0.1) is 29.0 Å². The van der Waals surface area contributed by atoms with Crippen molar-refractivity contribution < 1.29 is 28.1 Å². The van der Waals surface area contributed by atoms with E-state index in [1.807, 2.05) is 0 Å². The maximum absolute atomic E-state index is 13.9. The molecule has 156 valence electrons. The van der Waals surface area contributed by atoms with E-state index in [2.05, 4.69) is 10.5 Å². The van der Waals surface area contributed by atoms with Gasteiger partial charge in [0.2, 0.25) is 0 Å². The van der Waals surface area contributed by atoms with Crippen LogP contribution in [0.2, 0.25) is 0 Å². The van der Waals surface area contributed by atoms with Crippen LogP contribution in [0.3, 0.4) is 0 Å². The number of aryl methyl sites for hydroxylation is 2. The van der Waals surface area contributed by atoms with Crippen molar-refractivity contribution in [3.63, 3.8) is 0 Å². The highest BCUT2D eigenvalue weighted by Crippen LogP contribution is 2.30. The van der Waals surface area contributed by atoms with Crippen molar-refractivity contribution in [3.8, 4) is 11.5 Å². The number of anilines is 1. The molecule has 2 aromatic carbocycles. The fourth-order valence-electron chi connectivity index (χ4n) is 2.70. The Hall–Kier alpha value is -3.95. The van der Waals surface area contributed by atoms with Gasteiger partial charge in [-0.1, -0.05) is 5.16 Å². The first-order valence-electron chi connectivity index (χ1n) is 8.78. The number of methoxy groups -OCH3 is 1. The second-order valence-corrected chi connectivity index (χ2v) is 6.33. The third-order valence-electron chi connectivity index (χ3n) is 4.39. The standard InChI is InChI=1S/C20H18FN3O6/c1-11-15(12(2)30-23-11)10-29-18-7-4-13(8-19(18)28-3)20(25)22-17-9-14(24(26)27)5-6-16(17)21/h4-9H,10H2,1-3H3,(H,22,25). The number of non-ortho nitro benzene ring substituents is 1. The van der Waals surface area contributed by atoms with Gasteiger partial charge in [-0.15, -0.1) is 0 Å². The van der Waals surface area contributed by atoms with Gasteiger partial charge in [-0.05, 0) is 38.1 Å². The molecule has 0 unspecified atom stereocenters. The molecule has 0 fully saturated rings. The van der Waals surface area contributed by atoms with E-state index in [0.717, 1.165) is 23.8 Å². The summed E-state index contributed by atoms with van der Waals surface area (Å²) in [5.41, 5.74) is 1.03. The summed E-state index contributed by atoms with van der Waals surface area (Å²) in [6, 6.07) is 7.31. The predicted octanol–water partition coefficient (Wildman–Crippen LogP) is 4.18. The van der Waals surface area contributed by atoms with E-state index < -0.39 is 16.6 Å². The minimum absolute atomic E-state index is 0.155. The van der Waals surface area contributed by atoms with Gasteiger partial charge >= 0.3 is 0 Å². The van der Waals surface area contributed by atoms with Crippen LogP contribution >= 0.6 is 0 Å². The number of halogens is 1. The summed E-state index contributed by atoms with van der Waals surface area (Å²) < 4.78 is 30.1. The van der Waals surface area contributed by atoms with Crippen molar-refractivity contribution >= 4 is 17.3 Å². The number of nitrogens with one attached hydrogen (secondary N) is 1. The third-order valence-corrected chi connectivity index (χ3v) is 4.39. The average molecular weight is 415 g/mol. The molecule has 1 heterocycles. The van der Waals surface area contributed by atoms with E-state index >= 15 is 0 Å². The molecule has 0 radical (unpaired) electrons. The number of nitro benzene ring substituents is 1. The van der Waals surface area contributed by atoms with Gasteiger partial charge in [0, 0.05) is 17.7 Å². The second-order valence-electron chi connectivity index (χ2n) is 6.33. The molecule has 0 saturated heterocycles. The topological polar surface area (TPSA) is 117 Å². The molecule has 0 spiro atoms. The average Bonchev–Trinajstić information content (AvgIpc) is 3.05. The molecule has 3 aromatic rings. The SMILES string of the molecule is COc1cc(C(=O)Nc2cc([N+](=O)[O-])ccc2F)ccc1OCc1c(C)noc1C. The highest BCUT2D eigenvalue weighted by atomic mass is 19.1. The smallest absolute Gasteiger partial charge is 0.271 e. The molecule has 0 atom stereocenters. The molecule has 3 rings (SSSR count). The zero-order valence-corrected chi connectivity index (χ0v) is 16.4. The van der Waals surface area contributed by atoms with Gasteiger partial charge in [-0.25, -0.2) is 4.39 Å². The highest BCUT2D eigenvalue weighted by molar-refractivity contribution is 6.04. The summed E-state index contributed by atoms with van der Waals surface area (Å²) in [6.07, 6.45) is 0. The summed E-state index contributed by atoms with van der Waals surface area (Å²) in [7, 11) is 1.42. The van der Waals surface area contributed by atoms with Gasteiger partial charge in [-0.2, -0.15) is 0 Å². The van der Waals surface area contributed by atoms with Crippen molar-refractivity contribution in [2.45, 2.75) is 20.5 Å². The van der Waals surface area contributed by atoms with Gasteiger partial charge in [0.1, 0.15) is 18.2 Å². The van der Waals surface area contributed by atoms with Crippen molar-refractivity contribution in [1.29, 1.82) is 0 Å². The molecule has 1 N–H and O–H groups in total.